The molecule has 0 saturated heterocycles. The summed E-state index contributed by atoms with van der Waals surface area (Å²) in [5.74, 6) is 0. The molecule has 3 heteroatoms. The molecular weight excluding hydrogens is 140 g/mol. The smallest absolute Gasteiger partial charge is 0.0413 e. The SMILES string of the molecule is C[Si](C)CCC(N)CCN. The molecule has 10 heavy (non-hydrogen) atoms. The first-order valence-corrected chi connectivity index (χ1v) is 6.62. The van der Waals surface area contributed by atoms with Gasteiger partial charge in [-0.1, -0.05) is 19.1 Å². The summed E-state index contributed by atoms with van der Waals surface area (Å²) in [6, 6.07) is 1.68. The van der Waals surface area contributed by atoms with E-state index in [0.29, 0.717) is 6.04 Å². The topological polar surface area (TPSA) is 52.0 Å². The highest BCUT2D eigenvalue weighted by atomic mass is 28.3. The van der Waals surface area contributed by atoms with Gasteiger partial charge in [0, 0.05) is 14.8 Å². The van der Waals surface area contributed by atoms with Crippen LogP contribution in [-0.4, -0.2) is 21.4 Å². The van der Waals surface area contributed by atoms with Gasteiger partial charge < -0.3 is 11.5 Å². The largest absolute Gasteiger partial charge is 0.330 e. The van der Waals surface area contributed by atoms with Crippen LogP contribution in [0.3, 0.4) is 0 Å². The zero-order valence-electron chi connectivity index (χ0n) is 7.06. The maximum atomic E-state index is 5.77. The van der Waals surface area contributed by atoms with E-state index in [1.807, 2.05) is 0 Å². The monoisotopic (exact) mass is 159 g/mol. The Balaban J connectivity index is 3.12. The lowest BCUT2D eigenvalue weighted by Crippen LogP contribution is -2.24. The van der Waals surface area contributed by atoms with E-state index >= 15 is 0 Å². The van der Waals surface area contributed by atoms with Crippen molar-refractivity contribution >= 4 is 8.80 Å². The lowest BCUT2D eigenvalue weighted by Gasteiger charge is -2.10. The zero-order valence-corrected chi connectivity index (χ0v) is 8.06. The highest BCUT2D eigenvalue weighted by Crippen LogP contribution is 2.02. The molecule has 61 valence electrons. The Hall–Kier alpha value is 0.137. The van der Waals surface area contributed by atoms with Gasteiger partial charge in [0.05, 0.1) is 0 Å². The van der Waals surface area contributed by atoms with Gasteiger partial charge in [-0.2, -0.15) is 0 Å². The van der Waals surface area contributed by atoms with E-state index in [0.717, 1.165) is 13.0 Å². The molecule has 0 saturated carbocycles. The lowest BCUT2D eigenvalue weighted by atomic mass is 10.2. The van der Waals surface area contributed by atoms with Crippen LogP contribution in [0.1, 0.15) is 12.8 Å². The van der Waals surface area contributed by atoms with E-state index in [4.69, 9.17) is 11.5 Å². The van der Waals surface area contributed by atoms with Crippen LogP contribution in [0.25, 0.3) is 0 Å². The minimum absolute atomic E-state index is 0.0685. The molecule has 0 rings (SSSR count). The molecule has 0 amide bonds. The van der Waals surface area contributed by atoms with Crippen LogP contribution in [0.15, 0.2) is 0 Å². The van der Waals surface area contributed by atoms with Gasteiger partial charge in [-0.25, -0.2) is 0 Å². The molecule has 4 N–H and O–H groups in total. The van der Waals surface area contributed by atoms with Crippen LogP contribution in [0, 0.1) is 0 Å². The summed E-state index contributed by atoms with van der Waals surface area (Å²) in [4.78, 5) is 0. The Bertz CT molecular complexity index is 76.0. The summed E-state index contributed by atoms with van der Waals surface area (Å²) in [5.41, 5.74) is 11.1. The van der Waals surface area contributed by atoms with Gasteiger partial charge in [0.15, 0.2) is 0 Å². The lowest BCUT2D eigenvalue weighted by molar-refractivity contribution is 0.602. The van der Waals surface area contributed by atoms with Crippen molar-refractivity contribution in [3.63, 3.8) is 0 Å². The predicted molar refractivity (Wildman–Crippen MR) is 48.6 cm³/mol. The van der Waals surface area contributed by atoms with Gasteiger partial charge in [-0.15, -0.1) is 0 Å². The van der Waals surface area contributed by atoms with Crippen molar-refractivity contribution in [2.45, 2.75) is 38.0 Å². The molecule has 1 atom stereocenters. The molecule has 2 nitrogen and oxygen atoms in total. The third-order valence-electron chi connectivity index (χ3n) is 1.55. The minimum Gasteiger partial charge on any atom is -0.330 e. The molecule has 0 aliphatic heterocycles. The summed E-state index contributed by atoms with van der Waals surface area (Å²) in [7, 11) is -0.0685. The summed E-state index contributed by atoms with van der Waals surface area (Å²) in [6.07, 6.45) is 2.15. The Morgan fingerprint density at radius 2 is 1.90 bits per heavy atom. The standard InChI is InChI=1S/C7H19N2Si/c1-10(2)6-4-7(9)3-5-8/h7H,3-6,8-9H2,1-2H3. The highest BCUT2D eigenvalue weighted by Gasteiger charge is 2.02. The Labute approximate surface area is 65.6 Å². The maximum Gasteiger partial charge on any atom is 0.0413 e. The molecule has 0 aromatic heterocycles. The minimum atomic E-state index is -0.0685. The van der Waals surface area contributed by atoms with Crippen LogP contribution in [0.4, 0.5) is 0 Å². The number of nitrogens with two attached hydrogens (primary N) is 2. The first-order chi connectivity index (χ1) is 4.66. The van der Waals surface area contributed by atoms with Gasteiger partial charge in [0.25, 0.3) is 0 Å². The van der Waals surface area contributed by atoms with E-state index in [1.165, 1.54) is 12.5 Å². The quantitative estimate of drug-likeness (QED) is 0.583. The van der Waals surface area contributed by atoms with Crippen LogP contribution in [-0.2, 0) is 0 Å². The third kappa shape index (κ3) is 6.26. The van der Waals surface area contributed by atoms with E-state index in [2.05, 4.69) is 13.1 Å². The van der Waals surface area contributed by atoms with Crippen molar-refractivity contribution in [1.82, 2.24) is 0 Å². The predicted octanol–water partition coefficient (Wildman–Crippen LogP) is 0.807. The zero-order chi connectivity index (χ0) is 7.98. The van der Waals surface area contributed by atoms with Crippen LogP contribution in [0.2, 0.25) is 19.1 Å². The van der Waals surface area contributed by atoms with Gasteiger partial charge in [0.2, 0.25) is 0 Å². The van der Waals surface area contributed by atoms with Crippen LogP contribution in [0.5, 0.6) is 0 Å². The fourth-order valence-electron chi connectivity index (χ4n) is 0.832. The Morgan fingerprint density at radius 3 is 2.30 bits per heavy atom. The van der Waals surface area contributed by atoms with E-state index in [1.54, 1.807) is 0 Å². The maximum absolute atomic E-state index is 5.77. The summed E-state index contributed by atoms with van der Waals surface area (Å²) >= 11 is 0. The number of rotatable bonds is 5. The highest BCUT2D eigenvalue weighted by molar-refractivity contribution is 6.55. The Morgan fingerprint density at radius 1 is 1.30 bits per heavy atom. The van der Waals surface area contributed by atoms with Crippen molar-refractivity contribution in [2.75, 3.05) is 6.54 Å². The summed E-state index contributed by atoms with van der Waals surface area (Å²) in [6.45, 7) is 5.37. The Kier molecular flexibility index (Phi) is 5.97. The second-order valence-electron chi connectivity index (χ2n) is 3.08. The van der Waals surface area contributed by atoms with Gasteiger partial charge in [0.1, 0.15) is 0 Å². The molecule has 0 bridgehead atoms. The van der Waals surface area contributed by atoms with E-state index < -0.39 is 0 Å². The van der Waals surface area contributed by atoms with Gasteiger partial charge in [-0.3, -0.25) is 0 Å². The molecule has 1 radical (unpaired) electrons. The van der Waals surface area contributed by atoms with E-state index in [-0.39, 0.29) is 8.80 Å². The van der Waals surface area contributed by atoms with Crippen molar-refractivity contribution in [3.05, 3.63) is 0 Å². The van der Waals surface area contributed by atoms with Crippen LogP contribution < -0.4 is 11.5 Å². The fraction of sp³-hybridized carbons (Fsp3) is 1.00. The van der Waals surface area contributed by atoms with Crippen molar-refractivity contribution in [3.8, 4) is 0 Å². The van der Waals surface area contributed by atoms with Gasteiger partial charge >= 0.3 is 0 Å². The van der Waals surface area contributed by atoms with Crippen molar-refractivity contribution < 1.29 is 0 Å². The third-order valence-corrected chi connectivity index (χ3v) is 2.84. The molecule has 0 aromatic rings. The second kappa shape index (κ2) is 5.89. The number of hydrogen-bond donors (Lipinski definition) is 2. The molecule has 0 fully saturated rings. The summed E-state index contributed by atoms with van der Waals surface area (Å²) in [5, 5.41) is 0. The first-order valence-electron chi connectivity index (χ1n) is 3.91. The molecule has 0 spiro atoms. The molecule has 0 aromatic carbocycles. The van der Waals surface area contributed by atoms with Gasteiger partial charge in [-0.05, 0) is 19.4 Å². The molecule has 1 unspecified atom stereocenters. The second-order valence-corrected chi connectivity index (χ2v) is 6.00. The van der Waals surface area contributed by atoms with Crippen molar-refractivity contribution in [1.29, 1.82) is 0 Å². The molecule has 0 aliphatic carbocycles. The fourth-order valence-corrected chi connectivity index (χ4v) is 1.78. The van der Waals surface area contributed by atoms with E-state index in [9.17, 15) is 0 Å². The molecule has 0 heterocycles. The molecule has 0 aliphatic rings. The normalized spacial score (nSPS) is 14.1. The summed E-state index contributed by atoms with van der Waals surface area (Å²) < 4.78 is 0. The van der Waals surface area contributed by atoms with Crippen molar-refractivity contribution in [2.24, 2.45) is 11.5 Å². The number of hydrogen-bond acceptors (Lipinski definition) is 2. The van der Waals surface area contributed by atoms with Crippen LogP contribution >= 0.6 is 0 Å². The molecular formula is C7H19N2Si. The average Bonchev–Trinajstić information content (AvgIpc) is 1.85. The average molecular weight is 159 g/mol. The first kappa shape index (κ1) is 10.1.